The molecule has 0 aromatic heterocycles. The molecule has 2 amide bonds. The predicted octanol–water partition coefficient (Wildman–Crippen LogP) is 2.35. The summed E-state index contributed by atoms with van der Waals surface area (Å²) >= 11 is 5.86. The van der Waals surface area contributed by atoms with Crippen LogP contribution >= 0.6 is 11.6 Å². The highest BCUT2D eigenvalue weighted by molar-refractivity contribution is 6.30. The highest BCUT2D eigenvalue weighted by Gasteiger charge is 2.37. The van der Waals surface area contributed by atoms with Crippen molar-refractivity contribution in [1.29, 1.82) is 10.5 Å². The minimum atomic E-state index is -0.453. The standard InChI is InChI=1S/C17H17ClN4O2/c18-14-3-5-15(6-4-14)22-12-13(11-16(22)23)17(24)21(9-1-7-19)10-2-8-20/h3-6,13H,1-2,9-12H2. The molecule has 0 spiro atoms. The number of nitriles is 2. The Labute approximate surface area is 145 Å². The number of halogens is 1. The molecule has 1 aromatic carbocycles. The molecule has 1 unspecified atom stereocenters. The molecule has 1 atom stereocenters. The van der Waals surface area contributed by atoms with Gasteiger partial charge in [-0.05, 0) is 24.3 Å². The van der Waals surface area contributed by atoms with Gasteiger partial charge in [-0.3, -0.25) is 9.59 Å². The molecule has 1 aromatic rings. The van der Waals surface area contributed by atoms with Gasteiger partial charge in [-0.2, -0.15) is 10.5 Å². The van der Waals surface area contributed by atoms with Crippen molar-refractivity contribution in [2.75, 3.05) is 24.5 Å². The normalized spacial score (nSPS) is 16.5. The van der Waals surface area contributed by atoms with E-state index >= 15 is 0 Å². The Morgan fingerprint density at radius 2 is 1.79 bits per heavy atom. The third kappa shape index (κ3) is 4.24. The molecule has 2 rings (SSSR count). The third-order valence-corrected chi connectivity index (χ3v) is 4.16. The Kier molecular flexibility index (Phi) is 6.17. The fourth-order valence-corrected chi connectivity index (χ4v) is 2.83. The van der Waals surface area contributed by atoms with Crippen LogP contribution in [0.15, 0.2) is 24.3 Å². The molecule has 0 aliphatic carbocycles. The van der Waals surface area contributed by atoms with Crippen LogP contribution in [0.25, 0.3) is 0 Å². The van der Waals surface area contributed by atoms with E-state index in [1.165, 1.54) is 4.90 Å². The van der Waals surface area contributed by atoms with Gasteiger partial charge in [0.15, 0.2) is 0 Å². The molecule has 1 aliphatic heterocycles. The molecule has 0 saturated carbocycles. The average molecular weight is 345 g/mol. The van der Waals surface area contributed by atoms with Gasteiger partial charge in [0.05, 0.1) is 30.9 Å². The number of carbonyl (C=O) groups excluding carboxylic acids is 2. The molecule has 124 valence electrons. The average Bonchev–Trinajstić information content (AvgIpc) is 2.97. The maximum Gasteiger partial charge on any atom is 0.228 e. The summed E-state index contributed by atoms with van der Waals surface area (Å²) in [6.07, 6.45) is 0.550. The molecule has 0 N–H and O–H groups in total. The summed E-state index contributed by atoms with van der Waals surface area (Å²) in [5.74, 6) is -0.743. The van der Waals surface area contributed by atoms with Gasteiger partial charge in [0.2, 0.25) is 11.8 Å². The third-order valence-electron chi connectivity index (χ3n) is 3.91. The van der Waals surface area contributed by atoms with E-state index in [-0.39, 0.29) is 44.2 Å². The number of carbonyl (C=O) groups is 2. The lowest BCUT2D eigenvalue weighted by atomic mass is 10.1. The van der Waals surface area contributed by atoms with Gasteiger partial charge >= 0.3 is 0 Å². The highest BCUT2D eigenvalue weighted by atomic mass is 35.5. The van der Waals surface area contributed by atoms with E-state index in [0.717, 1.165) is 0 Å². The minimum Gasteiger partial charge on any atom is -0.340 e. The largest absolute Gasteiger partial charge is 0.340 e. The fraction of sp³-hybridized carbons (Fsp3) is 0.412. The Hall–Kier alpha value is -2.57. The second-order valence-corrected chi connectivity index (χ2v) is 5.96. The molecule has 1 heterocycles. The number of nitrogens with zero attached hydrogens (tertiary/aromatic N) is 4. The van der Waals surface area contributed by atoms with Crippen LogP contribution in [0.5, 0.6) is 0 Å². The zero-order valence-electron chi connectivity index (χ0n) is 13.1. The van der Waals surface area contributed by atoms with Crippen molar-refractivity contribution in [2.24, 2.45) is 5.92 Å². The molecule has 1 aliphatic rings. The Morgan fingerprint density at radius 1 is 1.21 bits per heavy atom. The first kappa shape index (κ1) is 17.8. The number of hydrogen-bond donors (Lipinski definition) is 0. The van der Waals surface area contributed by atoms with Crippen LogP contribution < -0.4 is 4.90 Å². The van der Waals surface area contributed by atoms with Gasteiger partial charge in [0.25, 0.3) is 0 Å². The Morgan fingerprint density at radius 3 is 2.33 bits per heavy atom. The van der Waals surface area contributed by atoms with Gasteiger partial charge in [-0.1, -0.05) is 11.6 Å². The lowest BCUT2D eigenvalue weighted by Crippen LogP contribution is -2.38. The van der Waals surface area contributed by atoms with Crippen molar-refractivity contribution in [1.82, 2.24) is 4.90 Å². The zero-order chi connectivity index (χ0) is 17.5. The summed E-state index contributed by atoms with van der Waals surface area (Å²) in [5, 5.41) is 18.0. The van der Waals surface area contributed by atoms with E-state index in [1.54, 1.807) is 29.2 Å². The van der Waals surface area contributed by atoms with Crippen LogP contribution in [0.1, 0.15) is 19.3 Å². The zero-order valence-corrected chi connectivity index (χ0v) is 13.9. The first-order valence-corrected chi connectivity index (χ1v) is 8.03. The van der Waals surface area contributed by atoms with Crippen molar-refractivity contribution < 1.29 is 9.59 Å². The summed E-state index contributed by atoms with van der Waals surface area (Å²) in [4.78, 5) is 28.0. The number of anilines is 1. The van der Waals surface area contributed by atoms with Crippen molar-refractivity contribution in [3.05, 3.63) is 29.3 Å². The second-order valence-electron chi connectivity index (χ2n) is 5.52. The number of benzene rings is 1. The smallest absolute Gasteiger partial charge is 0.228 e. The summed E-state index contributed by atoms with van der Waals surface area (Å²) in [6, 6.07) is 10.9. The molecule has 24 heavy (non-hydrogen) atoms. The number of rotatable bonds is 6. The number of amides is 2. The summed E-state index contributed by atoms with van der Waals surface area (Å²) in [7, 11) is 0. The molecule has 1 fully saturated rings. The van der Waals surface area contributed by atoms with Gasteiger partial charge in [-0.25, -0.2) is 0 Å². The van der Waals surface area contributed by atoms with E-state index in [1.807, 2.05) is 12.1 Å². The fourth-order valence-electron chi connectivity index (χ4n) is 2.70. The lowest BCUT2D eigenvalue weighted by molar-refractivity contribution is -0.135. The molecule has 0 radical (unpaired) electrons. The van der Waals surface area contributed by atoms with Crippen molar-refractivity contribution in [3.8, 4) is 12.1 Å². The minimum absolute atomic E-state index is 0.115. The molecule has 1 saturated heterocycles. The van der Waals surface area contributed by atoms with E-state index < -0.39 is 5.92 Å². The predicted molar refractivity (Wildman–Crippen MR) is 89.0 cm³/mol. The van der Waals surface area contributed by atoms with E-state index in [0.29, 0.717) is 17.3 Å². The van der Waals surface area contributed by atoms with Crippen LogP contribution in [0, 0.1) is 28.6 Å². The van der Waals surface area contributed by atoms with Crippen LogP contribution in [0.3, 0.4) is 0 Å². The van der Waals surface area contributed by atoms with E-state index in [2.05, 4.69) is 0 Å². The van der Waals surface area contributed by atoms with E-state index in [4.69, 9.17) is 22.1 Å². The summed E-state index contributed by atoms with van der Waals surface area (Å²) in [6.45, 7) is 0.861. The van der Waals surface area contributed by atoms with Gasteiger partial charge in [-0.15, -0.1) is 0 Å². The van der Waals surface area contributed by atoms with Crippen molar-refractivity contribution in [2.45, 2.75) is 19.3 Å². The molecule has 0 bridgehead atoms. The first-order chi connectivity index (χ1) is 11.6. The summed E-state index contributed by atoms with van der Waals surface area (Å²) in [5.41, 5.74) is 0.709. The summed E-state index contributed by atoms with van der Waals surface area (Å²) < 4.78 is 0. The van der Waals surface area contributed by atoms with E-state index in [9.17, 15) is 9.59 Å². The monoisotopic (exact) mass is 344 g/mol. The van der Waals surface area contributed by atoms with Crippen LogP contribution in [-0.2, 0) is 9.59 Å². The lowest BCUT2D eigenvalue weighted by Gasteiger charge is -2.24. The molecular weight excluding hydrogens is 328 g/mol. The Bertz CT molecular complexity index is 672. The topological polar surface area (TPSA) is 88.2 Å². The molecule has 7 heteroatoms. The molecule has 6 nitrogen and oxygen atoms in total. The maximum absolute atomic E-state index is 12.6. The van der Waals surface area contributed by atoms with Crippen molar-refractivity contribution >= 4 is 29.1 Å². The molecular formula is C17H17ClN4O2. The quantitative estimate of drug-likeness (QED) is 0.792. The van der Waals surface area contributed by atoms with Crippen LogP contribution in [-0.4, -0.2) is 36.3 Å². The SMILES string of the molecule is N#CCCN(CCC#N)C(=O)C1CC(=O)N(c2ccc(Cl)cc2)C1. The van der Waals surface area contributed by atoms with Gasteiger partial charge < -0.3 is 9.80 Å². The Balaban J connectivity index is 2.07. The highest BCUT2D eigenvalue weighted by Crippen LogP contribution is 2.27. The van der Waals surface area contributed by atoms with Gasteiger partial charge in [0.1, 0.15) is 0 Å². The first-order valence-electron chi connectivity index (χ1n) is 7.65. The second kappa shape index (κ2) is 8.33. The van der Waals surface area contributed by atoms with Crippen LogP contribution in [0.2, 0.25) is 5.02 Å². The number of hydrogen-bond acceptors (Lipinski definition) is 4. The van der Waals surface area contributed by atoms with Crippen LogP contribution in [0.4, 0.5) is 5.69 Å². The maximum atomic E-state index is 12.6. The van der Waals surface area contributed by atoms with Gasteiger partial charge in [0, 0.05) is 36.8 Å². The van der Waals surface area contributed by atoms with Crippen molar-refractivity contribution in [3.63, 3.8) is 0 Å².